The van der Waals surface area contributed by atoms with Gasteiger partial charge in [-0.2, -0.15) is 0 Å². The fourth-order valence-corrected chi connectivity index (χ4v) is 1.93. The summed E-state index contributed by atoms with van der Waals surface area (Å²) in [6.07, 6.45) is 5.03. The van der Waals surface area contributed by atoms with E-state index in [1.54, 1.807) is 13.1 Å². The molecule has 1 aromatic rings. The van der Waals surface area contributed by atoms with E-state index in [-0.39, 0.29) is 12.0 Å². The normalized spacial score (nSPS) is 15.5. The van der Waals surface area contributed by atoms with E-state index < -0.39 is 5.41 Å². The number of esters is 1. The van der Waals surface area contributed by atoms with E-state index in [4.69, 9.17) is 4.74 Å². The Morgan fingerprint density at radius 1 is 1.45 bits per heavy atom. The molecule has 1 aliphatic rings. The van der Waals surface area contributed by atoms with Crippen molar-refractivity contribution in [1.82, 2.24) is 20.2 Å². The second-order valence-electron chi connectivity index (χ2n) is 4.99. The highest BCUT2D eigenvalue weighted by Gasteiger charge is 2.51. The number of rotatable bonds is 6. The van der Waals surface area contributed by atoms with Crippen LogP contribution in [0.1, 0.15) is 25.6 Å². The fourth-order valence-electron chi connectivity index (χ4n) is 1.93. The van der Waals surface area contributed by atoms with E-state index in [2.05, 4.69) is 15.6 Å². The van der Waals surface area contributed by atoms with Crippen LogP contribution in [0.5, 0.6) is 0 Å². The molecule has 0 aliphatic heterocycles. The predicted molar refractivity (Wildman–Crippen MR) is 71.7 cm³/mol. The highest BCUT2D eigenvalue weighted by molar-refractivity contribution is 5.81. The molecule has 2 rings (SSSR count). The monoisotopic (exact) mass is 280 g/mol. The van der Waals surface area contributed by atoms with E-state index >= 15 is 0 Å². The highest BCUT2D eigenvalue weighted by atomic mass is 16.5. The molecule has 1 saturated carbocycles. The van der Waals surface area contributed by atoms with E-state index in [0.717, 1.165) is 18.7 Å². The number of carbonyl (C=O) groups is 2. The van der Waals surface area contributed by atoms with Crippen molar-refractivity contribution in [3.8, 4) is 0 Å². The highest BCUT2D eigenvalue weighted by Crippen LogP contribution is 2.46. The lowest BCUT2D eigenvalue weighted by molar-refractivity contribution is -0.149. The lowest BCUT2D eigenvalue weighted by Crippen LogP contribution is -2.41. The van der Waals surface area contributed by atoms with Crippen LogP contribution in [0.3, 0.4) is 0 Å². The van der Waals surface area contributed by atoms with Gasteiger partial charge in [-0.3, -0.25) is 4.79 Å². The first kappa shape index (κ1) is 14.4. The topological polar surface area (TPSA) is 85.2 Å². The number of aromatic nitrogens is 2. The van der Waals surface area contributed by atoms with Crippen LogP contribution in [-0.2, 0) is 23.1 Å². The number of carbonyl (C=O) groups excluding carboxylic acids is 2. The third-order valence-electron chi connectivity index (χ3n) is 3.48. The van der Waals surface area contributed by atoms with Crippen molar-refractivity contribution in [2.24, 2.45) is 12.5 Å². The van der Waals surface area contributed by atoms with Gasteiger partial charge in [0.05, 0.1) is 18.6 Å². The van der Waals surface area contributed by atoms with E-state index in [0.29, 0.717) is 19.7 Å². The molecule has 0 unspecified atom stereocenters. The molecule has 1 aromatic heterocycles. The first-order valence-corrected chi connectivity index (χ1v) is 6.72. The maximum atomic E-state index is 11.7. The summed E-state index contributed by atoms with van der Waals surface area (Å²) in [7, 11) is 1.86. The molecule has 110 valence electrons. The molecule has 0 spiro atoms. The molecular formula is C13H20N4O3. The molecule has 20 heavy (non-hydrogen) atoms. The molecule has 2 N–H and O–H groups in total. The average Bonchev–Trinajstić information content (AvgIpc) is 3.12. The van der Waals surface area contributed by atoms with Crippen LogP contribution in [-0.4, -0.2) is 34.7 Å². The molecule has 0 saturated heterocycles. The molecular weight excluding hydrogens is 260 g/mol. The molecule has 0 radical (unpaired) electrons. The lowest BCUT2D eigenvalue weighted by Gasteiger charge is -2.14. The standard InChI is InChI=1S/C13H20N4O3/c1-3-20-11(18)13(4-5-13)9-16-12(19)15-8-10-14-6-7-17(10)2/h6-7H,3-5,8-9H2,1-2H3,(H2,15,16,19). The Bertz CT molecular complexity index is 494. The van der Waals surface area contributed by atoms with Gasteiger partial charge in [0, 0.05) is 26.0 Å². The number of nitrogens with one attached hydrogen (secondary N) is 2. The zero-order valence-electron chi connectivity index (χ0n) is 11.8. The van der Waals surface area contributed by atoms with E-state index in [1.807, 2.05) is 17.8 Å². The predicted octanol–water partition coefficient (Wildman–Crippen LogP) is 0.563. The first-order valence-electron chi connectivity index (χ1n) is 6.72. The van der Waals surface area contributed by atoms with Crippen molar-refractivity contribution in [1.29, 1.82) is 0 Å². The summed E-state index contributed by atoms with van der Waals surface area (Å²) >= 11 is 0. The largest absolute Gasteiger partial charge is 0.466 e. The van der Waals surface area contributed by atoms with Crippen molar-refractivity contribution in [3.05, 3.63) is 18.2 Å². The smallest absolute Gasteiger partial charge is 0.315 e. The molecule has 0 aromatic carbocycles. The number of hydrogen-bond acceptors (Lipinski definition) is 4. The quantitative estimate of drug-likeness (QED) is 0.746. The van der Waals surface area contributed by atoms with Gasteiger partial charge in [0.25, 0.3) is 0 Å². The third kappa shape index (κ3) is 3.28. The van der Waals surface area contributed by atoms with Crippen molar-refractivity contribution in [2.45, 2.75) is 26.3 Å². The zero-order chi connectivity index (χ0) is 14.6. The molecule has 0 bridgehead atoms. The van der Waals surface area contributed by atoms with Gasteiger partial charge in [0.1, 0.15) is 5.82 Å². The molecule has 7 nitrogen and oxygen atoms in total. The van der Waals surface area contributed by atoms with Gasteiger partial charge >= 0.3 is 12.0 Å². The van der Waals surface area contributed by atoms with E-state index in [9.17, 15) is 9.59 Å². The van der Waals surface area contributed by atoms with Gasteiger partial charge < -0.3 is 19.9 Å². The number of imidazole rings is 1. The summed E-state index contributed by atoms with van der Waals surface area (Å²) in [6.45, 7) is 2.81. The Labute approximate surface area is 117 Å². The minimum atomic E-state index is -0.503. The summed E-state index contributed by atoms with van der Waals surface area (Å²) in [5, 5.41) is 5.43. The van der Waals surface area contributed by atoms with Gasteiger partial charge in [-0.1, -0.05) is 0 Å². The van der Waals surface area contributed by atoms with Crippen LogP contribution < -0.4 is 10.6 Å². The molecule has 1 aliphatic carbocycles. The first-order chi connectivity index (χ1) is 9.57. The number of ether oxygens (including phenoxy) is 1. The Balaban J connectivity index is 1.73. The van der Waals surface area contributed by atoms with Crippen LogP contribution in [0.25, 0.3) is 0 Å². The summed E-state index contributed by atoms with van der Waals surface area (Å²) in [5.41, 5.74) is -0.503. The maximum Gasteiger partial charge on any atom is 0.315 e. The fraction of sp³-hybridized carbons (Fsp3) is 0.615. The summed E-state index contributed by atoms with van der Waals surface area (Å²) in [6, 6.07) is -0.302. The summed E-state index contributed by atoms with van der Waals surface area (Å²) in [4.78, 5) is 27.5. The Morgan fingerprint density at radius 2 is 2.20 bits per heavy atom. The Morgan fingerprint density at radius 3 is 2.75 bits per heavy atom. The Kier molecular flexibility index (Phi) is 4.26. The lowest BCUT2D eigenvalue weighted by atomic mass is 10.1. The van der Waals surface area contributed by atoms with Crippen molar-refractivity contribution in [2.75, 3.05) is 13.2 Å². The van der Waals surface area contributed by atoms with Crippen LogP contribution >= 0.6 is 0 Å². The molecule has 7 heteroatoms. The molecule has 1 fully saturated rings. The van der Waals surface area contributed by atoms with Gasteiger partial charge in [-0.15, -0.1) is 0 Å². The van der Waals surface area contributed by atoms with Gasteiger partial charge in [-0.05, 0) is 19.8 Å². The molecule has 0 atom stereocenters. The van der Waals surface area contributed by atoms with Crippen LogP contribution in [0.4, 0.5) is 4.79 Å². The number of hydrogen-bond donors (Lipinski definition) is 2. The van der Waals surface area contributed by atoms with Crippen molar-refractivity contribution in [3.63, 3.8) is 0 Å². The van der Waals surface area contributed by atoms with Gasteiger partial charge in [-0.25, -0.2) is 9.78 Å². The van der Waals surface area contributed by atoms with Gasteiger partial charge in [0.15, 0.2) is 0 Å². The van der Waals surface area contributed by atoms with Crippen LogP contribution in [0.15, 0.2) is 12.4 Å². The number of amides is 2. The average molecular weight is 280 g/mol. The van der Waals surface area contributed by atoms with Crippen LogP contribution in [0, 0.1) is 5.41 Å². The number of nitrogens with zero attached hydrogens (tertiary/aromatic N) is 2. The second-order valence-corrected chi connectivity index (χ2v) is 4.99. The minimum absolute atomic E-state index is 0.218. The van der Waals surface area contributed by atoms with E-state index in [1.165, 1.54) is 0 Å². The molecule has 2 amide bonds. The third-order valence-corrected chi connectivity index (χ3v) is 3.48. The summed E-state index contributed by atoms with van der Waals surface area (Å²) < 4.78 is 6.85. The summed E-state index contributed by atoms with van der Waals surface area (Å²) in [5.74, 6) is 0.552. The second kappa shape index (κ2) is 5.94. The molecule has 1 heterocycles. The Hall–Kier alpha value is -2.05. The maximum absolute atomic E-state index is 11.7. The SMILES string of the molecule is CCOC(=O)C1(CNC(=O)NCc2nccn2C)CC1. The van der Waals surface area contributed by atoms with Gasteiger partial charge in [0.2, 0.25) is 0 Å². The number of urea groups is 1. The van der Waals surface area contributed by atoms with Crippen molar-refractivity contribution >= 4 is 12.0 Å². The number of aryl methyl sites for hydroxylation is 1. The van der Waals surface area contributed by atoms with Crippen molar-refractivity contribution < 1.29 is 14.3 Å². The van der Waals surface area contributed by atoms with Crippen LogP contribution in [0.2, 0.25) is 0 Å². The zero-order valence-corrected chi connectivity index (χ0v) is 11.8. The minimum Gasteiger partial charge on any atom is -0.466 e.